The summed E-state index contributed by atoms with van der Waals surface area (Å²) in [7, 11) is 0. The first-order valence-corrected chi connectivity index (χ1v) is 17.8. The van der Waals surface area contributed by atoms with Gasteiger partial charge in [0.15, 0.2) is 5.82 Å². The maximum atomic E-state index is 5.23. The van der Waals surface area contributed by atoms with Gasteiger partial charge in [0, 0.05) is 34.0 Å². The summed E-state index contributed by atoms with van der Waals surface area (Å²) in [5.74, 6) is 0.692. The van der Waals surface area contributed by atoms with E-state index < -0.39 is 0 Å². The highest BCUT2D eigenvalue weighted by atomic mass is 14.9. The molecule has 2 heterocycles. The van der Waals surface area contributed by atoms with Crippen LogP contribution in [0.25, 0.3) is 78.4 Å². The number of hydrogen-bond donors (Lipinski definition) is 0. The van der Waals surface area contributed by atoms with E-state index in [2.05, 4.69) is 170 Å². The van der Waals surface area contributed by atoms with Gasteiger partial charge in [-0.15, -0.1) is 0 Å². The third-order valence-electron chi connectivity index (χ3n) is 10.4. The lowest BCUT2D eigenvalue weighted by molar-refractivity contribution is 0.660. The second kappa shape index (κ2) is 12.7. The summed E-state index contributed by atoms with van der Waals surface area (Å²) in [6.07, 6.45) is 1.88. The number of nitrogens with zero attached hydrogens (tertiary/aromatic N) is 3. The summed E-state index contributed by atoms with van der Waals surface area (Å²) in [5.41, 5.74) is 18.0. The molecule has 0 aliphatic heterocycles. The Kier molecular flexibility index (Phi) is 7.70. The summed E-state index contributed by atoms with van der Waals surface area (Å²) in [6, 6.07) is 58.4. The zero-order chi connectivity index (χ0) is 35.2. The first-order valence-electron chi connectivity index (χ1n) is 17.8. The smallest absolute Gasteiger partial charge is 0.160 e. The maximum Gasteiger partial charge on any atom is 0.160 e. The zero-order valence-electron chi connectivity index (χ0n) is 29.5. The largest absolute Gasteiger partial charge is 0.262 e. The van der Waals surface area contributed by atoms with Gasteiger partial charge in [-0.1, -0.05) is 129 Å². The van der Waals surface area contributed by atoms with E-state index in [9.17, 15) is 0 Å². The highest BCUT2D eigenvalue weighted by Crippen LogP contribution is 2.49. The number of fused-ring (bicyclic) bond motifs is 3. The Balaban J connectivity index is 1.26. The molecule has 0 bridgehead atoms. The van der Waals surface area contributed by atoms with E-state index >= 15 is 0 Å². The van der Waals surface area contributed by atoms with E-state index in [-0.39, 0.29) is 5.41 Å². The maximum absolute atomic E-state index is 5.23. The molecule has 0 fully saturated rings. The Bertz CT molecular complexity index is 2550. The predicted octanol–water partition coefficient (Wildman–Crippen LogP) is 12.5. The average Bonchev–Trinajstić information content (AvgIpc) is 3.43. The van der Waals surface area contributed by atoms with E-state index in [0.717, 1.165) is 67.2 Å². The van der Waals surface area contributed by atoms with Crippen molar-refractivity contribution >= 4 is 0 Å². The monoisotopic (exact) mass is 667 g/mol. The molecule has 0 saturated heterocycles. The van der Waals surface area contributed by atoms with Crippen molar-refractivity contribution in [3.05, 3.63) is 187 Å². The third-order valence-corrected chi connectivity index (χ3v) is 10.4. The van der Waals surface area contributed by atoms with E-state index in [1.165, 1.54) is 22.3 Å². The number of benzene rings is 6. The first kappa shape index (κ1) is 31.5. The van der Waals surface area contributed by atoms with E-state index in [4.69, 9.17) is 9.97 Å². The molecule has 8 aromatic rings. The molecule has 1 aliphatic carbocycles. The number of rotatable bonds is 6. The van der Waals surface area contributed by atoms with Crippen molar-refractivity contribution in [2.24, 2.45) is 0 Å². The van der Waals surface area contributed by atoms with E-state index in [1.807, 2.05) is 25.3 Å². The van der Waals surface area contributed by atoms with Gasteiger partial charge in [-0.2, -0.15) is 0 Å². The molecule has 3 nitrogen and oxygen atoms in total. The van der Waals surface area contributed by atoms with Crippen molar-refractivity contribution in [2.75, 3.05) is 0 Å². The molecule has 0 atom stereocenters. The van der Waals surface area contributed by atoms with Crippen molar-refractivity contribution in [1.29, 1.82) is 0 Å². The third kappa shape index (κ3) is 5.71. The molecule has 6 aromatic carbocycles. The van der Waals surface area contributed by atoms with Crippen LogP contribution >= 0.6 is 0 Å². The van der Waals surface area contributed by atoms with Crippen LogP contribution in [0.4, 0.5) is 0 Å². The normalized spacial score (nSPS) is 12.7. The van der Waals surface area contributed by atoms with Crippen LogP contribution in [-0.4, -0.2) is 15.0 Å². The molecule has 52 heavy (non-hydrogen) atoms. The topological polar surface area (TPSA) is 38.7 Å². The molecule has 9 rings (SSSR count). The molecule has 0 unspecified atom stereocenters. The lowest BCUT2D eigenvalue weighted by Crippen LogP contribution is -2.14. The molecule has 0 radical (unpaired) electrons. The van der Waals surface area contributed by atoms with Gasteiger partial charge in [-0.25, -0.2) is 9.97 Å². The zero-order valence-corrected chi connectivity index (χ0v) is 29.5. The standard InChI is InChI=1S/C49H37N3/c1-32-25-38(23-24-50-32)35-17-12-18-36(26-35)39-27-40(37-21-22-45-43(30-37)42-19-10-11-20-44(42)49(45,2)3)29-41(28-39)48-51-46(33-13-6-4-7-14-33)31-47(52-48)34-15-8-5-9-16-34/h4-31H,1-3H3. The van der Waals surface area contributed by atoms with Crippen LogP contribution in [-0.2, 0) is 5.41 Å². The molecular formula is C49H37N3. The molecule has 248 valence electrons. The number of hydrogen-bond acceptors (Lipinski definition) is 3. The van der Waals surface area contributed by atoms with Crippen LogP contribution in [0.2, 0.25) is 0 Å². The summed E-state index contributed by atoms with van der Waals surface area (Å²) in [5, 5.41) is 0. The highest BCUT2D eigenvalue weighted by Gasteiger charge is 2.35. The molecule has 2 aromatic heterocycles. The van der Waals surface area contributed by atoms with Crippen LogP contribution in [0, 0.1) is 6.92 Å². The summed E-state index contributed by atoms with van der Waals surface area (Å²) < 4.78 is 0. The van der Waals surface area contributed by atoms with Crippen LogP contribution < -0.4 is 0 Å². The van der Waals surface area contributed by atoms with Crippen LogP contribution in [0.15, 0.2) is 170 Å². The SMILES string of the molecule is Cc1cc(-c2cccc(-c3cc(-c4ccc5c(c4)-c4ccccc4C5(C)C)cc(-c4nc(-c5ccccc5)cc(-c5ccccc5)n4)c3)c2)ccn1. The number of aromatic nitrogens is 3. The summed E-state index contributed by atoms with van der Waals surface area (Å²) in [4.78, 5) is 14.9. The molecule has 0 spiro atoms. The lowest BCUT2D eigenvalue weighted by atomic mass is 9.82. The fourth-order valence-electron chi connectivity index (χ4n) is 7.68. The van der Waals surface area contributed by atoms with Gasteiger partial charge in [-0.05, 0) is 111 Å². The van der Waals surface area contributed by atoms with Crippen molar-refractivity contribution < 1.29 is 0 Å². The van der Waals surface area contributed by atoms with Crippen molar-refractivity contribution in [1.82, 2.24) is 15.0 Å². The van der Waals surface area contributed by atoms with Gasteiger partial charge >= 0.3 is 0 Å². The van der Waals surface area contributed by atoms with Crippen molar-refractivity contribution in [3.63, 3.8) is 0 Å². The molecule has 0 amide bonds. The fraction of sp³-hybridized carbons (Fsp3) is 0.0816. The summed E-state index contributed by atoms with van der Waals surface area (Å²) >= 11 is 0. The summed E-state index contributed by atoms with van der Waals surface area (Å²) in [6.45, 7) is 6.69. The van der Waals surface area contributed by atoms with Crippen LogP contribution in [0.3, 0.4) is 0 Å². The second-order valence-electron chi connectivity index (χ2n) is 14.2. The number of aryl methyl sites for hydroxylation is 1. The Morgan fingerprint density at radius 3 is 1.58 bits per heavy atom. The van der Waals surface area contributed by atoms with Gasteiger partial charge in [0.05, 0.1) is 11.4 Å². The highest BCUT2D eigenvalue weighted by molar-refractivity contribution is 5.87. The number of pyridine rings is 1. The van der Waals surface area contributed by atoms with Crippen LogP contribution in [0.1, 0.15) is 30.7 Å². The minimum absolute atomic E-state index is 0.0528. The molecule has 1 aliphatic rings. The van der Waals surface area contributed by atoms with Gasteiger partial charge < -0.3 is 0 Å². The first-order chi connectivity index (χ1) is 25.4. The van der Waals surface area contributed by atoms with Gasteiger partial charge in [0.2, 0.25) is 0 Å². The second-order valence-corrected chi connectivity index (χ2v) is 14.2. The molecule has 3 heteroatoms. The lowest BCUT2D eigenvalue weighted by Gasteiger charge is -2.21. The average molecular weight is 668 g/mol. The van der Waals surface area contributed by atoms with Gasteiger partial charge in [0.25, 0.3) is 0 Å². The molecular weight excluding hydrogens is 631 g/mol. The molecule has 0 N–H and O–H groups in total. The minimum Gasteiger partial charge on any atom is -0.262 e. The van der Waals surface area contributed by atoms with Gasteiger partial charge in [-0.3, -0.25) is 4.98 Å². The Morgan fingerprint density at radius 1 is 0.385 bits per heavy atom. The Hall–Kier alpha value is -6.45. The van der Waals surface area contributed by atoms with Crippen LogP contribution in [0.5, 0.6) is 0 Å². The van der Waals surface area contributed by atoms with Gasteiger partial charge in [0.1, 0.15) is 0 Å². The fourth-order valence-corrected chi connectivity index (χ4v) is 7.68. The van der Waals surface area contributed by atoms with E-state index in [1.54, 1.807) is 0 Å². The molecule has 0 saturated carbocycles. The Morgan fingerprint density at radius 2 is 0.904 bits per heavy atom. The quantitative estimate of drug-likeness (QED) is 0.177. The van der Waals surface area contributed by atoms with Crippen molar-refractivity contribution in [3.8, 4) is 78.4 Å². The Labute approximate surface area is 305 Å². The minimum atomic E-state index is -0.0528. The predicted molar refractivity (Wildman–Crippen MR) is 215 cm³/mol. The van der Waals surface area contributed by atoms with E-state index in [0.29, 0.717) is 5.82 Å². The van der Waals surface area contributed by atoms with Crippen molar-refractivity contribution in [2.45, 2.75) is 26.2 Å².